The molecular weight excluding hydrogens is 280 g/mol. The molecular formula is C18H34O4. The van der Waals surface area contributed by atoms with Crippen LogP contribution in [0, 0.1) is 23.2 Å². The van der Waals surface area contributed by atoms with Crippen LogP contribution in [-0.4, -0.2) is 22.2 Å². The first-order valence-electron chi connectivity index (χ1n) is 8.53. The Kier molecular flexibility index (Phi) is 9.38. The predicted molar refractivity (Wildman–Crippen MR) is 88.9 cm³/mol. The quantitative estimate of drug-likeness (QED) is 0.506. The van der Waals surface area contributed by atoms with Gasteiger partial charge in [0.2, 0.25) is 0 Å². The van der Waals surface area contributed by atoms with Gasteiger partial charge in [0.05, 0.1) is 5.92 Å². The zero-order valence-corrected chi connectivity index (χ0v) is 14.9. The molecule has 22 heavy (non-hydrogen) atoms. The van der Waals surface area contributed by atoms with Crippen LogP contribution in [0.4, 0.5) is 0 Å². The average molecular weight is 314 g/mol. The molecule has 0 aromatic rings. The number of carboxylic acid groups (broad SMARTS) is 2. The first-order valence-corrected chi connectivity index (χ1v) is 8.53. The van der Waals surface area contributed by atoms with Crippen LogP contribution in [-0.2, 0) is 9.59 Å². The van der Waals surface area contributed by atoms with E-state index in [1.807, 2.05) is 20.8 Å². The minimum absolute atomic E-state index is 0.137. The molecule has 0 bridgehead atoms. The molecule has 3 unspecified atom stereocenters. The van der Waals surface area contributed by atoms with E-state index in [0.717, 1.165) is 32.1 Å². The second-order valence-corrected chi connectivity index (χ2v) is 7.65. The van der Waals surface area contributed by atoms with Crippen LogP contribution in [0.3, 0.4) is 0 Å². The minimum atomic E-state index is -0.721. The molecule has 0 spiro atoms. The van der Waals surface area contributed by atoms with Gasteiger partial charge in [0, 0.05) is 6.42 Å². The highest BCUT2D eigenvalue weighted by Gasteiger charge is 2.28. The van der Waals surface area contributed by atoms with Gasteiger partial charge in [-0.2, -0.15) is 0 Å². The summed E-state index contributed by atoms with van der Waals surface area (Å²) in [5.74, 6) is -1.25. The summed E-state index contributed by atoms with van der Waals surface area (Å²) in [4.78, 5) is 21.9. The van der Waals surface area contributed by atoms with E-state index in [1.54, 1.807) is 0 Å². The zero-order valence-electron chi connectivity index (χ0n) is 14.9. The summed E-state index contributed by atoms with van der Waals surface area (Å²) in [7, 11) is 0. The Balaban J connectivity index is 4.13. The second kappa shape index (κ2) is 9.86. The molecule has 4 nitrogen and oxygen atoms in total. The monoisotopic (exact) mass is 314 g/mol. The van der Waals surface area contributed by atoms with Crippen LogP contribution in [0.15, 0.2) is 0 Å². The summed E-state index contributed by atoms with van der Waals surface area (Å²) in [6, 6.07) is 0. The lowest BCUT2D eigenvalue weighted by Crippen LogP contribution is -2.26. The predicted octanol–water partition coefficient (Wildman–Crippen LogP) is 4.82. The smallest absolute Gasteiger partial charge is 0.306 e. The van der Waals surface area contributed by atoms with Crippen LogP contribution < -0.4 is 0 Å². The van der Waals surface area contributed by atoms with Gasteiger partial charge < -0.3 is 10.2 Å². The Hall–Kier alpha value is -1.06. The van der Waals surface area contributed by atoms with E-state index in [4.69, 9.17) is 5.11 Å². The van der Waals surface area contributed by atoms with Crippen molar-refractivity contribution in [1.29, 1.82) is 0 Å². The van der Waals surface area contributed by atoms with E-state index >= 15 is 0 Å². The highest BCUT2D eigenvalue weighted by atomic mass is 16.4. The first kappa shape index (κ1) is 20.9. The van der Waals surface area contributed by atoms with E-state index in [-0.39, 0.29) is 29.6 Å². The maximum Gasteiger partial charge on any atom is 0.306 e. The van der Waals surface area contributed by atoms with Crippen LogP contribution in [0.25, 0.3) is 0 Å². The van der Waals surface area contributed by atoms with Crippen molar-refractivity contribution in [3.63, 3.8) is 0 Å². The Morgan fingerprint density at radius 3 is 2.14 bits per heavy atom. The lowest BCUT2D eigenvalue weighted by Gasteiger charge is -2.30. The maximum atomic E-state index is 11.2. The van der Waals surface area contributed by atoms with Gasteiger partial charge in [0.1, 0.15) is 0 Å². The van der Waals surface area contributed by atoms with Gasteiger partial charge in [0.15, 0.2) is 0 Å². The third-order valence-electron chi connectivity index (χ3n) is 4.64. The van der Waals surface area contributed by atoms with Gasteiger partial charge in [-0.1, -0.05) is 53.9 Å². The van der Waals surface area contributed by atoms with Gasteiger partial charge >= 0.3 is 11.9 Å². The molecule has 0 aliphatic carbocycles. The van der Waals surface area contributed by atoms with Crippen molar-refractivity contribution in [3.8, 4) is 0 Å². The summed E-state index contributed by atoms with van der Waals surface area (Å²) >= 11 is 0. The minimum Gasteiger partial charge on any atom is -0.481 e. The van der Waals surface area contributed by atoms with E-state index in [1.165, 1.54) is 0 Å². The SMILES string of the molecule is CCC(C(=O)O)C(C)CC(C)(C)CCCCC(C)CC(=O)O. The Morgan fingerprint density at radius 2 is 1.68 bits per heavy atom. The van der Waals surface area contributed by atoms with Crippen LogP contribution in [0.1, 0.15) is 79.6 Å². The molecule has 0 saturated heterocycles. The maximum absolute atomic E-state index is 11.2. The largest absolute Gasteiger partial charge is 0.481 e. The van der Waals surface area contributed by atoms with Gasteiger partial charge in [-0.15, -0.1) is 0 Å². The topological polar surface area (TPSA) is 74.6 Å². The van der Waals surface area contributed by atoms with Crippen molar-refractivity contribution in [1.82, 2.24) is 0 Å². The van der Waals surface area contributed by atoms with E-state index in [2.05, 4.69) is 13.8 Å². The molecule has 3 atom stereocenters. The molecule has 0 aromatic carbocycles. The molecule has 0 radical (unpaired) electrons. The number of aliphatic carboxylic acids is 2. The summed E-state index contributed by atoms with van der Waals surface area (Å²) < 4.78 is 0. The van der Waals surface area contributed by atoms with Crippen LogP contribution in [0.5, 0.6) is 0 Å². The van der Waals surface area contributed by atoms with E-state index in [0.29, 0.717) is 6.42 Å². The number of hydrogen-bond donors (Lipinski definition) is 2. The van der Waals surface area contributed by atoms with Crippen molar-refractivity contribution < 1.29 is 19.8 Å². The fourth-order valence-electron chi connectivity index (χ4n) is 3.43. The average Bonchev–Trinajstić information content (AvgIpc) is 2.33. The lowest BCUT2D eigenvalue weighted by molar-refractivity contribution is -0.144. The van der Waals surface area contributed by atoms with Gasteiger partial charge in [-0.3, -0.25) is 9.59 Å². The highest BCUT2D eigenvalue weighted by Crippen LogP contribution is 2.35. The van der Waals surface area contributed by atoms with E-state index in [9.17, 15) is 14.7 Å². The van der Waals surface area contributed by atoms with Crippen molar-refractivity contribution in [3.05, 3.63) is 0 Å². The molecule has 0 fully saturated rings. The standard InChI is InChI=1S/C18H34O4/c1-6-15(17(21)22)14(3)12-18(4,5)10-8-7-9-13(2)11-16(19)20/h13-15H,6-12H2,1-5H3,(H,19,20)(H,21,22). The van der Waals surface area contributed by atoms with Gasteiger partial charge in [-0.05, 0) is 36.5 Å². The molecule has 0 aliphatic rings. The summed E-state index contributed by atoms with van der Waals surface area (Å²) in [5, 5.41) is 18.0. The number of unbranched alkanes of at least 4 members (excludes halogenated alkanes) is 1. The van der Waals surface area contributed by atoms with Crippen LogP contribution >= 0.6 is 0 Å². The van der Waals surface area contributed by atoms with Crippen molar-refractivity contribution in [2.75, 3.05) is 0 Å². The highest BCUT2D eigenvalue weighted by molar-refractivity contribution is 5.70. The number of carbonyl (C=O) groups is 2. The Labute approximate surface area is 135 Å². The third-order valence-corrected chi connectivity index (χ3v) is 4.64. The molecule has 130 valence electrons. The van der Waals surface area contributed by atoms with Gasteiger partial charge in [0.25, 0.3) is 0 Å². The van der Waals surface area contributed by atoms with Crippen LogP contribution in [0.2, 0.25) is 0 Å². The third kappa shape index (κ3) is 9.06. The molecule has 0 saturated carbocycles. The molecule has 2 N–H and O–H groups in total. The summed E-state index contributed by atoms with van der Waals surface area (Å²) in [6.45, 7) is 10.4. The molecule has 0 heterocycles. The second-order valence-electron chi connectivity index (χ2n) is 7.65. The molecule has 0 amide bonds. The molecule has 4 heteroatoms. The van der Waals surface area contributed by atoms with E-state index < -0.39 is 11.9 Å². The van der Waals surface area contributed by atoms with Gasteiger partial charge in [-0.25, -0.2) is 0 Å². The van der Waals surface area contributed by atoms with Crippen molar-refractivity contribution in [2.45, 2.75) is 79.6 Å². The Bertz CT molecular complexity index is 349. The first-order chi connectivity index (χ1) is 10.1. The number of carboxylic acids is 2. The molecule has 0 aliphatic heterocycles. The summed E-state index contributed by atoms with van der Waals surface area (Å²) in [5.41, 5.74) is 0.137. The molecule has 0 rings (SSSR count). The zero-order chi connectivity index (χ0) is 17.3. The van der Waals surface area contributed by atoms with Crippen molar-refractivity contribution in [2.24, 2.45) is 23.2 Å². The summed E-state index contributed by atoms with van der Waals surface area (Å²) in [6.07, 6.45) is 5.98. The molecule has 0 aromatic heterocycles. The number of hydrogen-bond acceptors (Lipinski definition) is 2. The normalized spacial score (nSPS) is 16.0. The number of rotatable bonds is 12. The fourth-order valence-corrected chi connectivity index (χ4v) is 3.43. The lowest BCUT2D eigenvalue weighted by atomic mass is 9.74. The Morgan fingerprint density at radius 1 is 1.09 bits per heavy atom. The fraction of sp³-hybridized carbons (Fsp3) is 0.889. The van der Waals surface area contributed by atoms with Crippen molar-refractivity contribution >= 4 is 11.9 Å².